The Morgan fingerprint density at radius 3 is 2.67 bits per heavy atom. The van der Waals surface area contributed by atoms with Crippen LogP contribution < -0.4 is 27.2 Å². The Hall–Kier alpha value is -2.87. The average Bonchev–Trinajstić information content (AvgIpc) is 3.07. The summed E-state index contributed by atoms with van der Waals surface area (Å²) in [7, 11) is 0. The van der Waals surface area contributed by atoms with Crippen molar-refractivity contribution in [3.63, 3.8) is 0 Å². The number of aryl methyl sites for hydroxylation is 3. The summed E-state index contributed by atoms with van der Waals surface area (Å²) in [6.07, 6.45) is 0.969. The van der Waals surface area contributed by atoms with Crippen LogP contribution in [0, 0.1) is 20.8 Å². The van der Waals surface area contributed by atoms with Crippen molar-refractivity contribution in [1.82, 2.24) is 24.9 Å². The van der Waals surface area contributed by atoms with Crippen LogP contribution in [0.25, 0.3) is 5.78 Å². The van der Waals surface area contributed by atoms with Crippen molar-refractivity contribution in [2.45, 2.75) is 46.6 Å². The van der Waals surface area contributed by atoms with E-state index >= 15 is 0 Å². The lowest BCUT2D eigenvalue weighted by atomic mass is 10.0. The highest BCUT2D eigenvalue weighted by Crippen LogP contribution is 2.32. The second-order valence-electron chi connectivity index (χ2n) is 7.32. The van der Waals surface area contributed by atoms with Gasteiger partial charge in [-0.05, 0) is 57.4 Å². The van der Waals surface area contributed by atoms with Crippen molar-refractivity contribution in [3.05, 3.63) is 46.5 Å². The molecule has 8 nitrogen and oxygen atoms in total. The van der Waals surface area contributed by atoms with Gasteiger partial charge in [-0.15, -0.1) is 0 Å². The van der Waals surface area contributed by atoms with Crippen LogP contribution in [0.1, 0.15) is 47.7 Å². The zero-order chi connectivity index (χ0) is 20.5. The Balaban J connectivity index is 0.00000256. The monoisotopic (exact) mass is 430 g/mol. The number of halogens is 1. The average molecular weight is 431 g/mol. The molecule has 0 radical (unpaired) electrons. The Kier molecular flexibility index (Phi) is 6.45. The minimum Gasteiger partial charge on any atom is -1.00 e. The third kappa shape index (κ3) is 4.33. The summed E-state index contributed by atoms with van der Waals surface area (Å²) < 4.78 is 12.9. The molecule has 4 rings (SSSR count). The fourth-order valence-electron chi connectivity index (χ4n) is 3.63. The summed E-state index contributed by atoms with van der Waals surface area (Å²) >= 11 is 0. The van der Waals surface area contributed by atoms with Crippen molar-refractivity contribution in [2.75, 3.05) is 13.2 Å². The molecule has 1 unspecified atom stereocenters. The quantitative estimate of drug-likeness (QED) is 0.594. The Morgan fingerprint density at radius 2 is 1.90 bits per heavy atom. The normalized spacial score (nSPS) is 13.6. The summed E-state index contributed by atoms with van der Waals surface area (Å²) in [5.74, 6) is 2.74. The lowest BCUT2D eigenvalue weighted by molar-refractivity contribution is -0.121. The number of carbonyl (C=O) groups excluding carboxylic acids is 1. The smallest absolute Gasteiger partial charge is 0.252 e. The molecule has 160 valence electrons. The van der Waals surface area contributed by atoms with Gasteiger partial charge in [0.1, 0.15) is 19.0 Å². The van der Waals surface area contributed by atoms with Gasteiger partial charge in [0.2, 0.25) is 5.91 Å². The van der Waals surface area contributed by atoms with E-state index in [1.165, 1.54) is 0 Å². The lowest BCUT2D eigenvalue weighted by Gasteiger charge is -2.21. The van der Waals surface area contributed by atoms with Crippen molar-refractivity contribution < 1.29 is 26.7 Å². The molecule has 3 heterocycles. The van der Waals surface area contributed by atoms with E-state index in [1.54, 1.807) is 4.52 Å². The fraction of sp³-hybridized carbons (Fsp3) is 0.429. The van der Waals surface area contributed by atoms with Crippen molar-refractivity contribution in [1.29, 1.82) is 0 Å². The predicted molar refractivity (Wildman–Crippen MR) is 107 cm³/mol. The van der Waals surface area contributed by atoms with Gasteiger partial charge in [-0.3, -0.25) is 4.79 Å². The van der Waals surface area contributed by atoms with E-state index in [1.807, 2.05) is 45.9 Å². The molecule has 1 amide bonds. The highest BCUT2D eigenvalue weighted by molar-refractivity contribution is 5.76. The van der Waals surface area contributed by atoms with Crippen LogP contribution in [0.15, 0.2) is 18.2 Å². The second kappa shape index (κ2) is 8.87. The number of hydrogen-bond acceptors (Lipinski definition) is 6. The van der Waals surface area contributed by atoms with Gasteiger partial charge >= 0.3 is 0 Å². The van der Waals surface area contributed by atoms with Crippen LogP contribution in [-0.2, 0) is 11.2 Å². The van der Waals surface area contributed by atoms with Gasteiger partial charge in [-0.1, -0.05) is 6.07 Å². The topological polar surface area (TPSA) is 90.6 Å². The maximum absolute atomic E-state index is 12.6. The van der Waals surface area contributed by atoms with Crippen LogP contribution in [0.3, 0.4) is 0 Å². The van der Waals surface area contributed by atoms with E-state index in [0.29, 0.717) is 37.7 Å². The molecule has 0 aliphatic carbocycles. The summed E-state index contributed by atoms with van der Waals surface area (Å²) in [6, 6.07) is 5.65. The van der Waals surface area contributed by atoms with Gasteiger partial charge in [-0.2, -0.15) is 10.1 Å². The van der Waals surface area contributed by atoms with Crippen LogP contribution in [-0.4, -0.2) is 38.7 Å². The molecule has 2 aromatic heterocycles. The number of nitrogens with one attached hydrogen (secondary N) is 1. The molecule has 9 heteroatoms. The summed E-state index contributed by atoms with van der Waals surface area (Å²) in [4.78, 5) is 21.4. The summed E-state index contributed by atoms with van der Waals surface area (Å²) in [5.41, 5.74) is 3.87. The molecule has 0 fully saturated rings. The Labute approximate surface area is 181 Å². The third-order valence-corrected chi connectivity index (χ3v) is 5.20. The zero-order valence-electron chi connectivity index (χ0n) is 17.5. The molecule has 3 aromatic rings. The van der Waals surface area contributed by atoms with Gasteiger partial charge in [0.15, 0.2) is 11.5 Å². The first-order valence-electron chi connectivity index (χ1n) is 9.80. The molecular formula is C21H25ClN5O3-. The van der Waals surface area contributed by atoms with Crippen molar-refractivity contribution >= 4 is 11.7 Å². The lowest BCUT2D eigenvalue weighted by Crippen LogP contribution is -3.00. The molecule has 0 bridgehead atoms. The first kappa shape index (κ1) is 21.8. The van der Waals surface area contributed by atoms with Crippen LogP contribution >= 0.6 is 0 Å². The van der Waals surface area contributed by atoms with E-state index in [4.69, 9.17) is 9.47 Å². The van der Waals surface area contributed by atoms with Crippen LogP contribution in [0.4, 0.5) is 0 Å². The van der Waals surface area contributed by atoms with E-state index in [-0.39, 0.29) is 24.4 Å². The van der Waals surface area contributed by atoms with E-state index in [9.17, 15) is 4.79 Å². The number of carbonyl (C=O) groups is 1. The standard InChI is InChI=1S/C21H25N5O3.ClH/c1-12(16-5-7-18-19(11-16)29-10-9-28-18)22-20(27)8-6-17-13(2)23-21-24-15(4)25-26(21)14(17)3;/h5,7,11-12H,6,8-10H2,1-4H3,(H,22,27);1H/p-1. The van der Waals surface area contributed by atoms with Gasteiger partial charge < -0.3 is 27.2 Å². The second-order valence-corrected chi connectivity index (χ2v) is 7.32. The highest BCUT2D eigenvalue weighted by atomic mass is 35.5. The number of fused-ring (bicyclic) bond motifs is 2. The molecule has 30 heavy (non-hydrogen) atoms. The van der Waals surface area contributed by atoms with Crippen LogP contribution in [0.2, 0.25) is 0 Å². The molecule has 0 saturated heterocycles. The first-order chi connectivity index (χ1) is 13.9. The summed E-state index contributed by atoms with van der Waals surface area (Å²) in [6.45, 7) is 8.84. The molecule has 1 atom stereocenters. The highest BCUT2D eigenvalue weighted by Gasteiger charge is 2.17. The maximum atomic E-state index is 12.6. The Morgan fingerprint density at radius 1 is 1.17 bits per heavy atom. The van der Waals surface area contributed by atoms with Gasteiger partial charge in [0.25, 0.3) is 5.78 Å². The van der Waals surface area contributed by atoms with Crippen molar-refractivity contribution in [3.8, 4) is 11.5 Å². The molecular weight excluding hydrogens is 406 g/mol. The predicted octanol–water partition coefficient (Wildman–Crippen LogP) is -0.365. The van der Waals surface area contributed by atoms with Gasteiger partial charge in [-0.25, -0.2) is 9.50 Å². The first-order valence-corrected chi connectivity index (χ1v) is 9.80. The molecule has 0 saturated carbocycles. The van der Waals surface area contributed by atoms with E-state index in [2.05, 4.69) is 20.4 Å². The number of aromatic nitrogens is 4. The minimum atomic E-state index is -0.126. The third-order valence-electron chi connectivity index (χ3n) is 5.20. The zero-order valence-corrected chi connectivity index (χ0v) is 18.3. The van der Waals surface area contributed by atoms with Crippen LogP contribution in [0.5, 0.6) is 11.5 Å². The molecule has 1 aliphatic heterocycles. The van der Waals surface area contributed by atoms with Gasteiger partial charge in [0.05, 0.1) is 6.04 Å². The Bertz CT molecular complexity index is 1080. The SMILES string of the molecule is Cc1nc2nc(C)c(CCC(=O)NC(C)c3ccc4c(c3)OCCO4)c(C)n2n1.[Cl-]. The number of nitrogens with zero attached hydrogens (tertiary/aromatic N) is 4. The number of hydrogen-bond donors (Lipinski definition) is 1. The minimum absolute atomic E-state index is 0. The largest absolute Gasteiger partial charge is 1.00 e. The molecule has 1 aromatic carbocycles. The van der Waals surface area contributed by atoms with Gasteiger partial charge in [0, 0.05) is 17.8 Å². The number of rotatable bonds is 5. The fourth-order valence-corrected chi connectivity index (χ4v) is 3.63. The number of ether oxygens (including phenoxy) is 2. The van der Waals surface area contributed by atoms with E-state index < -0.39 is 0 Å². The molecule has 1 aliphatic rings. The molecule has 1 N–H and O–H groups in total. The molecule has 0 spiro atoms. The van der Waals surface area contributed by atoms with Crippen molar-refractivity contribution in [2.24, 2.45) is 0 Å². The summed E-state index contributed by atoms with van der Waals surface area (Å²) in [5, 5.41) is 7.45. The maximum Gasteiger partial charge on any atom is 0.252 e. The number of amides is 1. The van der Waals surface area contributed by atoms with E-state index in [0.717, 1.165) is 34.0 Å². The number of benzene rings is 1.